The van der Waals surface area contributed by atoms with E-state index < -0.39 is 0 Å². The minimum atomic E-state index is -0.271. The van der Waals surface area contributed by atoms with Gasteiger partial charge in [0.1, 0.15) is 0 Å². The first kappa shape index (κ1) is 19.4. The van der Waals surface area contributed by atoms with E-state index in [-0.39, 0.29) is 18.0 Å². The molecule has 0 aliphatic carbocycles. The third-order valence-corrected chi connectivity index (χ3v) is 5.97. The van der Waals surface area contributed by atoms with Crippen molar-refractivity contribution >= 4 is 28.3 Å². The van der Waals surface area contributed by atoms with Gasteiger partial charge < -0.3 is 15.0 Å². The van der Waals surface area contributed by atoms with E-state index in [0.717, 1.165) is 34.8 Å². The van der Waals surface area contributed by atoms with Crippen molar-refractivity contribution in [1.29, 1.82) is 0 Å². The number of hydrogen-bond acceptors (Lipinski definition) is 5. The fourth-order valence-corrected chi connectivity index (χ4v) is 4.44. The van der Waals surface area contributed by atoms with Gasteiger partial charge in [-0.15, -0.1) is 11.3 Å². The second-order valence-corrected chi connectivity index (χ2v) is 7.91. The molecule has 0 radical (unpaired) electrons. The number of ether oxygens (including phenoxy) is 1. The van der Waals surface area contributed by atoms with Crippen molar-refractivity contribution in [2.24, 2.45) is 0 Å². The maximum atomic E-state index is 12.6. The molecule has 29 heavy (non-hydrogen) atoms. The van der Waals surface area contributed by atoms with E-state index in [1.165, 1.54) is 11.3 Å². The van der Waals surface area contributed by atoms with Crippen molar-refractivity contribution in [1.82, 2.24) is 19.6 Å². The van der Waals surface area contributed by atoms with Crippen molar-refractivity contribution in [2.75, 3.05) is 19.7 Å². The topological polar surface area (TPSA) is 75.9 Å². The monoisotopic (exact) mass is 412 g/mol. The van der Waals surface area contributed by atoms with Crippen LogP contribution in [0.1, 0.15) is 25.5 Å². The molecule has 3 aromatic rings. The molecule has 0 atom stereocenters. The van der Waals surface area contributed by atoms with Crippen molar-refractivity contribution < 1.29 is 14.3 Å². The average Bonchev–Trinajstić information content (AvgIpc) is 3.31. The number of nitrogens with one attached hydrogen (secondary N) is 1. The van der Waals surface area contributed by atoms with Gasteiger partial charge in [0, 0.05) is 42.0 Å². The minimum absolute atomic E-state index is 0.00533. The van der Waals surface area contributed by atoms with E-state index in [2.05, 4.69) is 10.3 Å². The van der Waals surface area contributed by atoms with Crippen LogP contribution in [-0.4, -0.2) is 52.0 Å². The maximum Gasteiger partial charge on any atom is 0.409 e. The fraction of sp³-hybridized carbons (Fsp3) is 0.381. The molecule has 1 saturated heterocycles. The van der Waals surface area contributed by atoms with Gasteiger partial charge in [-0.25, -0.2) is 9.78 Å². The Balaban J connectivity index is 1.35. The third-order valence-electron chi connectivity index (χ3n) is 5.08. The summed E-state index contributed by atoms with van der Waals surface area (Å²) >= 11 is 1.54. The van der Waals surface area contributed by atoms with Crippen LogP contribution >= 0.6 is 11.3 Å². The number of benzene rings is 1. The molecule has 0 unspecified atom stereocenters. The second kappa shape index (κ2) is 8.65. The number of imidazole rings is 1. The Morgan fingerprint density at radius 1 is 1.24 bits per heavy atom. The quantitative estimate of drug-likeness (QED) is 0.697. The first-order valence-corrected chi connectivity index (χ1v) is 10.7. The largest absolute Gasteiger partial charge is 0.450 e. The van der Waals surface area contributed by atoms with Crippen molar-refractivity contribution in [3.8, 4) is 11.3 Å². The van der Waals surface area contributed by atoms with Crippen LogP contribution in [0.2, 0.25) is 0 Å². The Morgan fingerprint density at radius 2 is 2.00 bits per heavy atom. The van der Waals surface area contributed by atoms with Crippen LogP contribution in [0.4, 0.5) is 4.79 Å². The SMILES string of the molecule is CCOC(=O)N1CCC(NC(=O)Cc2csc3nc(-c4ccccc4)cn23)CC1. The molecular weight excluding hydrogens is 388 g/mol. The van der Waals surface area contributed by atoms with E-state index in [4.69, 9.17) is 4.74 Å². The van der Waals surface area contributed by atoms with Gasteiger partial charge in [0.15, 0.2) is 4.96 Å². The molecule has 1 aromatic carbocycles. The Kier molecular flexibility index (Phi) is 5.80. The average molecular weight is 413 g/mol. The van der Waals surface area contributed by atoms with E-state index in [1.807, 2.05) is 46.3 Å². The van der Waals surface area contributed by atoms with Crippen LogP contribution < -0.4 is 5.32 Å². The first-order valence-electron chi connectivity index (χ1n) is 9.86. The number of carbonyl (C=O) groups excluding carboxylic acids is 2. The third kappa shape index (κ3) is 4.42. The lowest BCUT2D eigenvalue weighted by molar-refractivity contribution is -0.121. The minimum Gasteiger partial charge on any atom is -0.450 e. The lowest BCUT2D eigenvalue weighted by Gasteiger charge is -2.31. The van der Waals surface area contributed by atoms with Gasteiger partial charge in [0.2, 0.25) is 5.91 Å². The lowest BCUT2D eigenvalue weighted by atomic mass is 10.1. The summed E-state index contributed by atoms with van der Waals surface area (Å²) in [6, 6.07) is 10.1. The van der Waals surface area contributed by atoms with Gasteiger partial charge in [-0.3, -0.25) is 9.20 Å². The summed E-state index contributed by atoms with van der Waals surface area (Å²) in [6.07, 6.45) is 3.51. The van der Waals surface area contributed by atoms with E-state index in [9.17, 15) is 9.59 Å². The number of aromatic nitrogens is 2. The zero-order chi connectivity index (χ0) is 20.2. The number of hydrogen-bond donors (Lipinski definition) is 1. The van der Waals surface area contributed by atoms with E-state index in [1.54, 1.807) is 11.8 Å². The van der Waals surface area contributed by atoms with Crippen LogP contribution in [0.5, 0.6) is 0 Å². The number of likely N-dealkylation sites (tertiary alicyclic amines) is 1. The number of piperidine rings is 1. The van der Waals surface area contributed by atoms with Crippen LogP contribution in [0.15, 0.2) is 41.9 Å². The Hall–Kier alpha value is -2.87. The molecule has 7 nitrogen and oxygen atoms in total. The number of rotatable bonds is 5. The van der Waals surface area contributed by atoms with Crippen LogP contribution in [0, 0.1) is 0 Å². The van der Waals surface area contributed by atoms with Crippen LogP contribution in [-0.2, 0) is 16.0 Å². The molecule has 3 heterocycles. The molecule has 0 bridgehead atoms. The van der Waals surface area contributed by atoms with Crippen LogP contribution in [0.3, 0.4) is 0 Å². The maximum absolute atomic E-state index is 12.6. The van der Waals surface area contributed by atoms with Gasteiger partial charge in [0.05, 0.1) is 18.7 Å². The summed E-state index contributed by atoms with van der Waals surface area (Å²) in [5.74, 6) is -0.00533. The zero-order valence-electron chi connectivity index (χ0n) is 16.3. The Labute approximate surface area is 173 Å². The summed E-state index contributed by atoms with van der Waals surface area (Å²) in [5.41, 5.74) is 2.90. The first-order chi connectivity index (χ1) is 14.1. The molecule has 8 heteroatoms. The van der Waals surface area contributed by atoms with Gasteiger partial charge in [-0.1, -0.05) is 30.3 Å². The number of fused-ring (bicyclic) bond motifs is 1. The normalized spacial score (nSPS) is 14.9. The molecule has 1 aliphatic rings. The van der Waals surface area contributed by atoms with Gasteiger partial charge in [0.25, 0.3) is 0 Å². The standard InChI is InChI=1S/C21H24N4O3S/c1-2-28-21(27)24-10-8-16(9-11-24)22-19(26)12-17-14-29-20-23-18(13-25(17)20)15-6-4-3-5-7-15/h3-7,13-14,16H,2,8-12H2,1H3,(H,22,26). The van der Waals surface area contributed by atoms with E-state index >= 15 is 0 Å². The highest BCUT2D eigenvalue weighted by atomic mass is 32.1. The predicted molar refractivity (Wildman–Crippen MR) is 112 cm³/mol. The smallest absolute Gasteiger partial charge is 0.409 e. The molecule has 152 valence electrons. The summed E-state index contributed by atoms with van der Waals surface area (Å²) in [6.45, 7) is 3.39. The Morgan fingerprint density at radius 3 is 2.72 bits per heavy atom. The van der Waals surface area contributed by atoms with Gasteiger partial charge in [-0.2, -0.15) is 0 Å². The molecule has 2 aromatic heterocycles. The van der Waals surface area contributed by atoms with E-state index in [0.29, 0.717) is 26.1 Å². The summed E-state index contributed by atoms with van der Waals surface area (Å²) in [4.78, 5) is 31.6. The molecule has 2 amide bonds. The fourth-order valence-electron chi connectivity index (χ4n) is 3.57. The van der Waals surface area contributed by atoms with Gasteiger partial charge in [-0.05, 0) is 19.8 Å². The number of amides is 2. The highest BCUT2D eigenvalue weighted by Crippen LogP contribution is 2.24. The number of thiazole rings is 1. The predicted octanol–water partition coefficient (Wildman–Crippen LogP) is 3.34. The second-order valence-electron chi connectivity index (χ2n) is 7.08. The molecule has 1 aliphatic heterocycles. The molecule has 4 rings (SSSR count). The number of carbonyl (C=O) groups is 2. The summed E-state index contributed by atoms with van der Waals surface area (Å²) < 4.78 is 7.03. The molecule has 1 N–H and O–H groups in total. The van der Waals surface area contributed by atoms with Gasteiger partial charge >= 0.3 is 6.09 Å². The highest BCUT2D eigenvalue weighted by molar-refractivity contribution is 7.15. The molecule has 0 spiro atoms. The van der Waals surface area contributed by atoms with Crippen LogP contribution in [0.25, 0.3) is 16.2 Å². The zero-order valence-corrected chi connectivity index (χ0v) is 17.2. The number of nitrogens with zero attached hydrogens (tertiary/aromatic N) is 3. The lowest BCUT2D eigenvalue weighted by Crippen LogP contribution is -2.47. The van der Waals surface area contributed by atoms with Crippen molar-refractivity contribution in [3.05, 3.63) is 47.6 Å². The van der Waals surface area contributed by atoms with Crippen molar-refractivity contribution in [2.45, 2.75) is 32.2 Å². The van der Waals surface area contributed by atoms with Crippen molar-refractivity contribution in [3.63, 3.8) is 0 Å². The highest BCUT2D eigenvalue weighted by Gasteiger charge is 2.24. The molecule has 1 fully saturated rings. The Bertz CT molecular complexity index is 990. The molecule has 0 saturated carbocycles. The molecular formula is C21H24N4O3S. The summed E-state index contributed by atoms with van der Waals surface area (Å²) in [5, 5.41) is 5.09. The summed E-state index contributed by atoms with van der Waals surface area (Å²) in [7, 11) is 0.